The fourth-order valence-corrected chi connectivity index (χ4v) is 3.48. The maximum Gasteiger partial charge on any atom is 0.0441 e. The van der Waals surface area contributed by atoms with E-state index in [1.54, 1.807) is 6.92 Å². The Morgan fingerprint density at radius 1 is 1.09 bits per heavy atom. The molecule has 174 valence electrons. The minimum absolute atomic E-state index is 0.144. The summed E-state index contributed by atoms with van der Waals surface area (Å²) in [6.45, 7) is 20.7. The maximum absolute atomic E-state index is 6.08. The molecule has 0 aromatic heterocycles. The molecule has 0 heterocycles. The lowest BCUT2D eigenvalue weighted by Crippen LogP contribution is -2.36. The zero-order valence-electron chi connectivity index (χ0n) is 20.9. The standard InChI is InChI=1S/C28H34N2.C2H5N/c1-8-9-12-22(4)20-30-23(5)24-13-10-14-25(17-24)26-15-11-16-27(18-26)28(6,29-7)19-21(2)3;1-2-3/h9-18,29-30H,1-2,5,19-20H2,3-4,6-7H3;2-3H,1H3/b22-12+;. The molecular formula is C30H39N3. The highest BCUT2D eigenvalue weighted by Crippen LogP contribution is 2.31. The molecule has 0 radical (unpaired) electrons. The average molecular weight is 442 g/mol. The van der Waals surface area contributed by atoms with Crippen LogP contribution >= 0.6 is 0 Å². The second-order valence-corrected chi connectivity index (χ2v) is 8.38. The fourth-order valence-electron chi connectivity index (χ4n) is 3.48. The lowest BCUT2D eigenvalue weighted by Gasteiger charge is -2.30. The van der Waals surface area contributed by atoms with E-state index in [-0.39, 0.29) is 5.54 Å². The second kappa shape index (κ2) is 13.9. The van der Waals surface area contributed by atoms with E-state index in [9.17, 15) is 0 Å². The number of hydrogen-bond donors (Lipinski definition) is 3. The van der Waals surface area contributed by atoms with Crippen molar-refractivity contribution in [1.82, 2.24) is 10.6 Å². The Kier molecular flexibility index (Phi) is 11.6. The first-order valence-corrected chi connectivity index (χ1v) is 11.1. The van der Waals surface area contributed by atoms with Gasteiger partial charge in [-0.3, -0.25) is 0 Å². The molecule has 3 N–H and O–H groups in total. The van der Waals surface area contributed by atoms with Gasteiger partial charge in [-0.1, -0.05) is 66.8 Å². The second-order valence-electron chi connectivity index (χ2n) is 8.38. The lowest BCUT2D eigenvalue weighted by molar-refractivity contribution is 0.396. The third kappa shape index (κ3) is 8.94. The van der Waals surface area contributed by atoms with Gasteiger partial charge >= 0.3 is 0 Å². The molecule has 0 spiro atoms. The Labute approximate surface area is 200 Å². The highest BCUT2D eigenvalue weighted by atomic mass is 14.9. The van der Waals surface area contributed by atoms with Gasteiger partial charge in [0, 0.05) is 17.8 Å². The Bertz CT molecular complexity index is 1040. The van der Waals surface area contributed by atoms with Gasteiger partial charge < -0.3 is 16.0 Å². The molecule has 2 aromatic carbocycles. The van der Waals surface area contributed by atoms with Crippen molar-refractivity contribution in [2.24, 2.45) is 0 Å². The molecule has 2 rings (SSSR count). The largest absolute Gasteiger partial charge is 0.381 e. The van der Waals surface area contributed by atoms with E-state index in [0.717, 1.165) is 29.8 Å². The maximum atomic E-state index is 6.08. The predicted molar refractivity (Wildman–Crippen MR) is 147 cm³/mol. The van der Waals surface area contributed by atoms with E-state index in [4.69, 9.17) is 5.41 Å². The summed E-state index contributed by atoms with van der Waals surface area (Å²) in [6, 6.07) is 17.2. The molecular weight excluding hydrogens is 402 g/mol. The summed E-state index contributed by atoms with van der Waals surface area (Å²) >= 11 is 0. The van der Waals surface area contributed by atoms with Gasteiger partial charge in [0.2, 0.25) is 0 Å². The summed E-state index contributed by atoms with van der Waals surface area (Å²) in [6.07, 6.45) is 5.96. The highest BCUT2D eigenvalue weighted by Gasteiger charge is 2.24. The highest BCUT2D eigenvalue weighted by molar-refractivity contribution is 5.71. The third-order valence-corrected chi connectivity index (χ3v) is 5.32. The molecule has 33 heavy (non-hydrogen) atoms. The SMILES string of the molecule is C=C=C/C=C(\C)CNC(=C)c1cccc(-c2cccc(C(C)(CC(=C)C)NC)c2)c1.CC=N. The number of hydrogen-bond acceptors (Lipinski definition) is 3. The number of rotatable bonds is 10. The van der Waals surface area contributed by atoms with Crippen LogP contribution < -0.4 is 10.6 Å². The van der Waals surface area contributed by atoms with Crippen molar-refractivity contribution in [2.75, 3.05) is 13.6 Å². The molecule has 0 aliphatic heterocycles. The summed E-state index contributed by atoms with van der Waals surface area (Å²) in [5, 5.41) is 13.0. The molecule has 1 atom stereocenters. The molecule has 0 fully saturated rings. The van der Waals surface area contributed by atoms with E-state index in [1.165, 1.54) is 28.5 Å². The first-order valence-electron chi connectivity index (χ1n) is 11.1. The molecule has 0 aliphatic rings. The smallest absolute Gasteiger partial charge is 0.0441 e. The van der Waals surface area contributed by atoms with Crippen LogP contribution in [0.2, 0.25) is 0 Å². The van der Waals surface area contributed by atoms with Gasteiger partial charge in [-0.15, -0.1) is 12.3 Å². The van der Waals surface area contributed by atoms with Crippen molar-refractivity contribution >= 4 is 11.9 Å². The van der Waals surface area contributed by atoms with Gasteiger partial charge in [-0.25, -0.2) is 0 Å². The predicted octanol–water partition coefficient (Wildman–Crippen LogP) is 7.26. The van der Waals surface area contributed by atoms with Crippen molar-refractivity contribution in [3.05, 3.63) is 108 Å². The van der Waals surface area contributed by atoms with E-state index < -0.39 is 0 Å². The van der Waals surface area contributed by atoms with Crippen LogP contribution in [0.5, 0.6) is 0 Å². The Morgan fingerprint density at radius 2 is 1.70 bits per heavy atom. The fraction of sp³-hybridized carbons (Fsp3) is 0.267. The van der Waals surface area contributed by atoms with Crippen molar-refractivity contribution in [3.8, 4) is 11.1 Å². The Balaban J connectivity index is 0.00000172. The molecule has 3 nitrogen and oxygen atoms in total. The van der Waals surface area contributed by atoms with Crippen LogP contribution in [-0.2, 0) is 5.54 Å². The van der Waals surface area contributed by atoms with Crippen LogP contribution in [0.4, 0.5) is 0 Å². The van der Waals surface area contributed by atoms with Crippen molar-refractivity contribution in [2.45, 2.75) is 39.7 Å². The first kappa shape index (κ1) is 27.6. The third-order valence-electron chi connectivity index (χ3n) is 5.32. The topological polar surface area (TPSA) is 47.9 Å². The first-order chi connectivity index (χ1) is 15.7. The van der Waals surface area contributed by atoms with E-state index in [2.05, 4.69) is 105 Å². The molecule has 0 aliphatic carbocycles. The summed E-state index contributed by atoms with van der Waals surface area (Å²) in [4.78, 5) is 0. The van der Waals surface area contributed by atoms with Gasteiger partial charge in [0.1, 0.15) is 0 Å². The number of nitrogens with one attached hydrogen (secondary N) is 3. The molecule has 0 amide bonds. The van der Waals surface area contributed by atoms with Crippen molar-refractivity contribution < 1.29 is 0 Å². The zero-order valence-corrected chi connectivity index (χ0v) is 20.9. The van der Waals surface area contributed by atoms with Gasteiger partial charge in [-0.05, 0) is 87.8 Å². The van der Waals surface area contributed by atoms with Crippen LogP contribution in [0, 0.1) is 5.41 Å². The molecule has 0 saturated heterocycles. The average Bonchev–Trinajstić information content (AvgIpc) is 2.81. The summed E-state index contributed by atoms with van der Waals surface area (Å²) in [7, 11) is 2.01. The zero-order chi connectivity index (χ0) is 24.9. The minimum Gasteiger partial charge on any atom is -0.381 e. The van der Waals surface area contributed by atoms with Gasteiger partial charge in [-0.2, -0.15) is 0 Å². The molecule has 1 unspecified atom stereocenters. The van der Waals surface area contributed by atoms with E-state index in [0.29, 0.717) is 0 Å². The lowest BCUT2D eigenvalue weighted by atomic mass is 9.85. The van der Waals surface area contributed by atoms with Crippen LogP contribution in [0.15, 0.2) is 97.3 Å². The summed E-state index contributed by atoms with van der Waals surface area (Å²) in [5.41, 5.74) is 10.6. The number of benzene rings is 2. The minimum atomic E-state index is -0.144. The van der Waals surface area contributed by atoms with Gasteiger partial charge in [0.25, 0.3) is 0 Å². The number of allylic oxidation sites excluding steroid dienone is 2. The van der Waals surface area contributed by atoms with Crippen LogP contribution in [-0.4, -0.2) is 19.8 Å². The summed E-state index contributed by atoms with van der Waals surface area (Å²) < 4.78 is 0. The van der Waals surface area contributed by atoms with Gasteiger partial charge in [0.05, 0.1) is 0 Å². The normalized spacial score (nSPS) is 12.3. The van der Waals surface area contributed by atoms with Gasteiger partial charge in [0.15, 0.2) is 0 Å². The molecule has 0 saturated carbocycles. The quantitative estimate of drug-likeness (QED) is 0.157. The summed E-state index contributed by atoms with van der Waals surface area (Å²) in [5.74, 6) is 0. The monoisotopic (exact) mass is 441 g/mol. The van der Waals surface area contributed by atoms with E-state index in [1.807, 2.05) is 19.2 Å². The molecule has 0 bridgehead atoms. The van der Waals surface area contributed by atoms with Crippen LogP contribution in [0.25, 0.3) is 16.8 Å². The van der Waals surface area contributed by atoms with E-state index >= 15 is 0 Å². The Morgan fingerprint density at radius 3 is 2.27 bits per heavy atom. The van der Waals surface area contributed by atoms with Crippen molar-refractivity contribution in [3.63, 3.8) is 0 Å². The van der Waals surface area contributed by atoms with Crippen LogP contribution in [0.3, 0.4) is 0 Å². The Hall–Kier alpha value is -3.39. The molecule has 2 aromatic rings. The van der Waals surface area contributed by atoms with Crippen LogP contribution in [0.1, 0.15) is 45.2 Å². The molecule has 3 heteroatoms. The van der Waals surface area contributed by atoms with Crippen molar-refractivity contribution in [1.29, 1.82) is 5.41 Å².